The van der Waals surface area contributed by atoms with Crippen molar-refractivity contribution in [3.8, 4) is 0 Å². The molecule has 0 spiro atoms. The minimum absolute atomic E-state index is 0.0521. The molecule has 2 rings (SSSR count). The Hall–Kier alpha value is -0.330. The Bertz CT molecular complexity index is 575. The summed E-state index contributed by atoms with van der Waals surface area (Å²) in [7, 11) is -3.63. The van der Waals surface area contributed by atoms with E-state index in [9.17, 15) is 8.42 Å². The first-order chi connectivity index (χ1) is 9.45. The molecule has 20 heavy (non-hydrogen) atoms. The zero-order chi connectivity index (χ0) is 14.8. The van der Waals surface area contributed by atoms with Crippen molar-refractivity contribution in [2.75, 3.05) is 19.7 Å². The summed E-state index contributed by atoms with van der Waals surface area (Å²) >= 11 is 11.9. The highest BCUT2D eigenvalue weighted by Crippen LogP contribution is 2.30. The summed E-state index contributed by atoms with van der Waals surface area (Å²) in [6.45, 7) is 0.981. The lowest BCUT2D eigenvalue weighted by molar-refractivity contribution is 0.203. The van der Waals surface area contributed by atoms with Gasteiger partial charge in [0.1, 0.15) is 4.90 Å². The van der Waals surface area contributed by atoms with Gasteiger partial charge in [-0.05, 0) is 43.4 Å². The van der Waals surface area contributed by atoms with E-state index < -0.39 is 10.0 Å². The predicted molar refractivity (Wildman–Crippen MR) is 79.6 cm³/mol. The Morgan fingerprint density at radius 3 is 2.80 bits per heavy atom. The molecule has 1 aliphatic rings. The van der Waals surface area contributed by atoms with Crippen LogP contribution in [0.2, 0.25) is 10.0 Å². The van der Waals surface area contributed by atoms with Gasteiger partial charge in [0, 0.05) is 24.7 Å². The second-order valence-electron chi connectivity index (χ2n) is 4.96. The molecule has 4 nitrogen and oxygen atoms in total. The average Bonchev–Trinajstić information content (AvgIpc) is 2.42. The van der Waals surface area contributed by atoms with Gasteiger partial charge < -0.3 is 5.11 Å². The van der Waals surface area contributed by atoms with Crippen LogP contribution in [-0.4, -0.2) is 37.5 Å². The highest BCUT2D eigenvalue weighted by Gasteiger charge is 2.31. The minimum Gasteiger partial charge on any atom is -0.396 e. The maximum absolute atomic E-state index is 12.6. The molecule has 1 aromatic rings. The van der Waals surface area contributed by atoms with Gasteiger partial charge in [-0.2, -0.15) is 4.31 Å². The monoisotopic (exact) mass is 337 g/mol. The fourth-order valence-electron chi connectivity index (χ4n) is 2.48. The van der Waals surface area contributed by atoms with Gasteiger partial charge in [-0.15, -0.1) is 0 Å². The minimum atomic E-state index is -3.63. The number of piperidine rings is 1. The molecule has 0 aliphatic carbocycles. The van der Waals surface area contributed by atoms with Gasteiger partial charge in [-0.3, -0.25) is 0 Å². The van der Waals surface area contributed by atoms with Gasteiger partial charge >= 0.3 is 0 Å². The molecule has 1 saturated heterocycles. The van der Waals surface area contributed by atoms with E-state index in [1.807, 2.05) is 0 Å². The predicted octanol–water partition coefficient (Wildman–Crippen LogP) is 2.78. The number of rotatable bonds is 4. The van der Waals surface area contributed by atoms with Crippen molar-refractivity contribution in [1.29, 1.82) is 0 Å². The van der Waals surface area contributed by atoms with Gasteiger partial charge in [0.25, 0.3) is 0 Å². The van der Waals surface area contributed by atoms with E-state index in [4.69, 9.17) is 28.3 Å². The van der Waals surface area contributed by atoms with Gasteiger partial charge in [0.2, 0.25) is 10.0 Å². The van der Waals surface area contributed by atoms with Crippen LogP contribution < -0.4 is 0 Å². The first-order valence-electron chi connectivity index (χ1n) is 6.51. The molecule has 1 unspecified atom stereocenters. The van der Waals surface area contributed by atoms with Crippen molar-refractivity contribution in [2.45, 2.75) is 24.2 Å². The number of aliphatic hydroxyl groups excluding tert-OH is 1. The second kappa shape index (κ2) is 6.62. The number of halogens is 2. The molecular formula is C13H17Cl2NO3S. The van der Waals surface area contributed by atoms with Crippen LogP contribution in [0.15, 0.2) is 23.1 Å². The van der Waals surface area contributed by atoms with Crippen molar-refractivity contribution in [3.63, 3.8) is 0 Å². The van der Waals surface area contributed by atoms with Crippen LogP contribution in [0.3, 0.4) is 0 Å². The van der Waals surface area contributed by atoms with Gasteiger partial charge in [0.05, 0.1) is 5.02 Å². The fraction of sp³-hybridized carbons (Fsp3) is 0.538. The summed E-state index contributed by atoms with van der Waals surface area (Å²) < 4.78 is 26.7. The third-order valence-corrected chi connectivity index (χ3v) is 6.11. The van der Waals surface area contributed by atoms with E-state index in [1.54, 1.807) is 6.07 Å². The normalized spacial score (nSPS) is 21.1. The van der Waals surface area contributed by atoms with Crippen LogP contribution in [0.1, 0.15) is 19.3 Å². The third kappa shape index (κ3) is 3.46. The van der Waals surface area contributed by atoms with Crippen molar-refractivity contribution in [3.05, 3.63) is 28.2 Å². The van der Waals surface area contributed by atoms with E-state index >= 15 is 0 Å². The van der Waals surface area contributed by atoms with Gasteiger partial charge in [-0.1, -0.05) is 23.2 Å². The molecular weight excluding hydrogens is 321 g/mol. The lowest BCUT2D eigenvalue weighted by Crippen LogP contribution is -2.40. The lowest BCUT2D eigenvalue weighted by atomic mass is 9.97. The quantitative estimate of drug-likeness (QED) is 0.918. The van der Waals surface area contributed by atoms with E-state index in [2.05, 4.69) is 0 Å². The first kappa shape index (κ1) is 16.0. The Morgan fingerprint density at radius 2 is 2.10 bits per heavy atom. The number of nitrogens with zero attached hydrogens (tertiary/aromatic N) is 1. The summed E-state index contributed by atoms with van der Waals surface area (Å²) in [6.07, 6.45) is 2.35. The number of benzene rings is 1. The maximum atomic E-state index is 12.6. The lowest BCUT2D eigenvalue weighted by Gasteiger charge is -2.31. The van der Waals surface area contributed by atoms with Crippen molar-refractivity contribution in [2.24, 2.45) is 5.92 Å². The molecule has 0 saturated carbocycles. The van der Waals surface area contributed by atoms with Crippen LogP contribution in [0.4, 0.5) is 0 Å². The summed E-state index contributed by atoms with van der Waals surface area (Å²) in [6, 6.07) is 4.44. The molecule has 0 bridgehead atoms. The third-order valence-electron chi connectivity index (χ3n) is 3.53. The van der Waals surface area contributed by atoms with Crippen LogP contribution >= 0.6 is 23.2 Å². The number of hydrogen-bond acceptors (Lipinski definition) is 3. The molecule has 1 fully saturated rings. The molecule has 0 aromatic heterocycles. The molecule has 0 radical (unpaired) electrons. The smallest absolute Gasteiger partial charge is 0.244 e. The van der Waals surface area contributed by atoms with Crippen molar-refractivity contribution < 1.29 is 13.5 Å². The van der Waals surface area contributed by atoms with Crippen LogP contribution in [0.25, 0.3) is 0 Å². The molecule has 1 aromatic carbocycles. The topological polar surface area (TPSA) is 57.6 Å². The zero-order valence-electron chi connectivity index (χ0n) is 10.9. The number of hydrogen-bond donors (Lipinski definition) is 1. The molecule has 1 aliphatic heterocycles. The van der Waals surface area contributed by atoms with Crippen LogP contribution in [-0.2, 0) is 10.0 Å². The zero-order valence-corrected chi connectivity index (χ0v) is 13.3. The highest BCUT2D eigenvalue weighted by molar-refractivity contribution is 7.89. The molecule has 112 valence electrons. The largest absolute Gasteiger partial charge is 0.396 e. The summed E-state index contributed by atoms with van der Waals surface area (Å²) in [4.78, 5) is 0.0521. The van der Waals surface area contributed by atoms with E-state index in [1.165, 1.54) is 16.4 Å². The van der Waals surface area contributed by atoms with Gasteiger partial charge in [0.15, 0.2) is 0 Å². The average molecular weight is 338 g/mol. The van der Waals surface area contributed by atoms with E-state index in [0.717, 1.165) is 12.8 Å². The standard InChI is InChI=1S/C13H17Cl2NO3S/c14-11-3-4-12(15)13(8-11)20(18,19)16-6-1-2-10(9-16)5-7-17/h3-4,8,10,17H,1-2,5-7,9H2. The Morgan fingerprint density at radius 1 is 1.35 bits per heavy atom. The second-order valence-corrected chi connectivity index (χ2v) is 7.71. The highest BCUT2D eigenvalue weighted by atomic mass is 35.5. The van der Waals surface area contributed by atoms with Crippen LogP contribution in [0.5, 0.6) is 0 Å². The van der Waals surface area contributed by atoms with Crippen molar-refractivity contribution >= 4 is 33.2 Å². The Balaban J connectivity index is 2.27. The Labute approximate surface area is 129 Å². The molecule has 1 heterocycles. The van der Waals surface area contributed by atoms with E-state index in [-0.39, 0.29) is 22.4 Å². The SMILES string of the molecule is O=S(=O)(c1cc(Cl)ccc1Cl)N1CCCC(CCO)C1. The molecule has 7 heteroatoms. The first-order valence-corrected chi connectivity index (χ1v) is 8.71. The summed E-state index contributed by atoms with van der Waals surface area (Å²) in [5.41, 5.74) is 0. The molecule has 0 amide bonds. The van der Waals surface area contributed by atoms with Gasteiger partial charge in [-0.25, -0.2) is 8.42 Å². The maximum Gasteiger partial charge on any atom is 0.244 e. The van der Waals surface area contributed by atoms with Crippen molar-refractivity contribution in [1.82, 2.24) is 4.31 Å². The van der Waals surface area contributed by atoms with Crippen LogP contribution in [0, 0.1) is 5.92 Å². The molecule has 1 N–H and O–H groups in total. The molecule has 1 atom stereocenters. The number of sulfonamides is 1. The fourth-order valence-corrected chi connectivity index (χ4v) is 4.77. The summed E-state index contributed by atoms with van der Waals surface area (Å²) in [5, 5.41) is 9.52. The summed E-state index contributed by atoms with van der Waals surface area (Å²) in [5.74, 6) is 0.196. The number of aliphatic hydroxyl groups is 1. The Kier molecular flexibility index (Phi) is 5.31. The van der Waals surface area contributed by atoms with E-state index in [0.29, 0.717) is 24.5 Å².